The number of nitrogens with zero attached hydrogens (tertiary/aromatic N) is 1. The second-order valence-corrected chi connectivity index (χ2v) is 5.31. The third-order valence-electron chi connectivity index (χ3n) is 2.32. The van der Waals surface area contributed by atoms with E-state index in [0.29, 0.717) is 6.54 Å². The van der Waals surface area contributed by atoms with E-state index in [4.69, 9.17) is 5.11 Å². The largest absolute Gasteiger partial charge is 0.480 e. The maximum Gasteiger partial charge on any atom is 0.326 e. The fourth-order valence-corrected chi connectivity index (χ4v) is 1.98. The summed E-state index contributed by atoms with van der Waals surface area (Å²) >= 11 is 1.50. The minimum Gasteiger partial charge on any atom is -0.480 e. The molecule has 1 aromatic rings. The van der Waals surface area contributed by atoms with E-state index < -0.39 is 18.0 Å². The summed E-state index contributed by atoms with van der Waals surface area (Å²) in [5.74, 6) is -1.21. The summed E-state index contributed by atoms with van der Waals surface area (Å²) in [6.45, 7) is 5.65. The monoisotopic (exact) mass is 271 g/mol. The number of carboxylic acid groups (broad SMARTS) is 1. The Balaban J connectivity index is 2.43. The standard InChI is InChI=1S/C11H17N3O3S/c1-6(2)9(10(15)16)14-11(17)12-4-8-5-18-7(3)13-8/h5-6,9H,4H2,1-3H3,(H,15,16)(H2,12,14,17)/t9-/m0/s1. The molecule has 0 aliphatic rings. The Labute approximate surface area is 109 Å². The van der Waals surface area contributed by atoms with E-state index in [-0.39, 0.29) is 5.92 Å². The van der Waals surface area contributed by atoms with E-state index in [1.165, 1.54) is 11.3 Å². The van der Waals surface area contributed by atoms with Gasteiger partial charge >= 0.3 is 12.0 Å². The fraction of sp³-hybridized carbons (Fsp3) is 0.545. The van der Waals surface area contributed by atoms with Gasteiger partial charge in [0.15, 0.2) is 0 Å². The molecule has 0 fully saturated rings. The van der Waals surface area contributed by atoms with Gasteiger partial charge in [-0.1, -0.05) is 13.8 Å². The van der Waals surface area contributed by atoms with Gasteiger partial charge in [-0.3, -0.25) is 0 Å². The molecule has 1 rings (SSSR count). The van der Waals surface area contributed by atoms with Crippen LogP contribution in [0.25, 0.3) is 0 Å². The predicted octanol–water partition coefficient (Wildman–Crippen LogP) is 1.36. The quantitative estimate of drug-likeness (QED) is 0.754. The van der Waals surface area contributed by atoms with Crippen LogP contribution in [0.15, 0.2) is 5.38 Å². The molecule has 6 nitrogen and oxygen atoms in total. The number of hydrogen-bond donors (Lipinski definition) is 3. The molecule has 7 heteroatoms. The van der Waals surface area contributed by atoms with Crippen molar-refractivity contribution >= 4 is 23.3 Å². The normalized spacial score (nSPS) is 12.2. The summed E-state index contributed by atoms with van der Waals surface area (Å²) in [5.41, 5.74) is 0.768. The van der Waals surface area contributed by atoms with Crippen LogP contribution in [-0.2, 0) is 11.3 Å². The predicted molar refractivity (Wildman–Crippen MR) is 68.5 cm³/mol. The SMILES string of the molecule is Cc1nc(CNC(=O)N[C@H](C(=O)O)C(C)C)cs1. The zero-order chi connectivity index (χ0) is 13.7. The molecule has 0 aliphatic carbocycles. The summed E-state index contributed by atoms with van der Waals surface area (Å²) in [6.07, 6.45) is 0. The zero-order valence-corrected chi connectivity index (χ0v) is 11.4. The molecule has 18 heavy (non-hydrogen) atoms. The number of urea groups is 1. The Bertz CT molecular complexity index is 431. The third kappa shape index (κ3) is 4.33. The average molecular weight is 271 g/mol. The van der Waals surface area contributed by atoms with E-state index >= 15 is 0 Å². The fourth-order valence-electron chi connectivity index (χ4n) is 1.37. The molecule has 0 aromatic carbocycles. The summed E-state index contributed by atoms with van der Waals surface area (Å²) < 4.78 is 0. The van der Waals surface area contributed by atoms with Crippen LogP contribution in [0.2, 0.25) is 0 Å². The number of nitrogens with one attached hydrogen (secondary N) is 2. The number of aromatic nitrogens is 1. The molecule has 1 heterocycles. The van der Waals surface area contributed by atoms with E-state index in [9.17, 15) is 9.59 Å². The molecule has 0 saturated heterocycles. The number of aliphatic carboxylic acids is 1. The number of thiazole rings is 1. The van der Waals surface area contributed by atoms with Gasteiger partial charge < -0.3 is 15.7 Å². The summed E-state index contributed by atoms with van der Waals surface area (Å²) in [4.78, 5) is 26.6. The minimum absolute atomic E-state index is 0.172. The van der Waals surface area contributed by atoms with Crippen LogP contribution in [0.1, 0.15) is 24.5 Å². The van der Waals surface area contributed by atoms with Crippen molar-refractivity contribution < 1.29 is 14.7 Å². The number of aryl methyl sites for hydroxylation is 1. The van der Waals surface area contributed by atoms with Crippen LogP contribution in [-0.4, -0.2) is 28.1 Å². The van der Waals surface area contributed by atoms with Gasteiger partial charge in [-0.25, -0.2) is 14.6 Å². The molecule has 0 bridgehead atoms. The summed E-state index contributed by atoms with van der Waals surface area (Å²) in [5, 5.41) is 16.7. The Hall–Kier alpha value is -1.63. The molecule has 2 amide bonds. The second-order valence-electron chi connectivity index (χ2n) is 4.24. The first-order valence-corrected chi connectivity index (χ1v) is 6.46. The Morgan fingerprint density at radius 1 is 1.50 bits per heavy atom. The lowest BCUT2D eigenvalue weighted by Crippen LogP contribution is -2.48. The number of carbonyl (C=O) groups excluding carboxylic acids is 1. The second kappa shape index (κ2) is 6.34. The van der Waals surface area contributed by atoms with Gasteiger partial charge in [0.05, 0.1) is 17.2 Å². The van der Waals surface area contributed by atoms with Crippen LogP contribution in [0.5, 0.6) is 0 Å². The van der Waals surface area contributed by atoms with Gasteiger partial charge in [0.25, 0.3) is 0 Å². The first-order chi connectivity index (χ1) is 8.40. The molecule has 1 aromatic heterocycles. The van der Waals surface area contributed by atoms with Crippen LogP contribution < -0.4 is 10.6 Å². The van der Waals surface area contributed by atoms with Gasteiger partial charge in [0.1, 0.15) is 6.04 Å². The molecule has 1 atom stereocenters. The lowest BCUT2D eigenvalue weighted by molar-refractivity contribution is -0.140. The van der Waals surface area contributed by atoms with Gasteiger partial charge in [-0.05, 0) is 12.8 Å². The lowest BCUT2D eigenvalue weighted by Gasteiger charge is -2.17. The Kier molecular flexibility index (Phi) is 5.08. The smallest absolute Gasteiger partial charge is 0.326 e. The van der Waals surface area contributed by atoms with Crippen LogP contribution in [0.3, 0.4) is 0 Å². The van der Waals surface area contributed by atoms with Gasteiger partial charge in [0.2, 0.25) is 0 Å². The molecule has 0 saturated carbocycles. The highest BCUT2D eigenvalue weighted by atomic mass is 32.1. The van der Waals surface area contributed by atoms with Crippen molar-refractivity contribution in [3.8, 4) is 0 Å². The van der Waals surface area contributed by atoms with Gasteiger partial charge in [-0.2, -0.15) is 0 Å². The van der Waals surface area contributed by atoms with E-state index in [1.54, 1.807) is 13.8 Å². The van der Waals surface area contributed by atoms with Crippen molar-refractivity contribution in [1.82, 2.24) is 15.6 Å². The molecule has 0 aliphatic heterocycles. The number of rotatable bonds is 5. The van der Waals surface area contributed by atoms with Crippen molar-refractivity contribution in [1.29, 1.82) is 0 Å². The van der Waals surface area contributed by atoms with Gasteiger partial charge in [0, 0.05) is 5.38 Å². The molecule has 0 spiro atoms. The van der Waals surface area contributed by atoms with Crippen molar-refractivity contribution in [2.45, 2.75) is 33.4 Å². The number of amides is 2. The zero-order valence-electron chi connectivity index (χ0n) is 10.6. The summed E-state index contributed by atoms with van der Waals surface area (Å²) in [6, 6.07) is -1.39. The maximum atomic E-state index is 11.5. The number of hydrogen-bond acceptors (Lipinski definition) is 4. The van der Waals surface area contributed by atoms with E-state index in [2.05, 4.69) is 15.6 Å². The highest BCUT2D eigenvalue weighted by Crippen LogP contribution is 2.07. The molecule has 0 radical (unpaired) electrons. The minimum atomic E-state index is -1.04. The van der Waals surface area contributed by atoms with Crippen LogP contribution in [0, 0.1) is 12.8 Å². The number of carboxylic acids is 1. The van der Waals surface area contributed by atoms with E-state index in [0.717, 1.165) is 10.7 Å². The summed E-state index contributed by atoms with van der Waals surface area (Å²) in [7, 11) is 0. The van der Waals surface area contributed by atoms with Gasteiger partial charge in [-0.15, -0.1) is 11.3 Å². The average Bonchev–Trinajstić information content (AvgIpc) is 2.68. The number of carbonyl (C=O) groups is 2. The molecule has 0 unspecified atom stereocenters. The molecule has 100 valence electrons. The van der Waals surface area contributed by atoms with Crippen molar-refractivity contribution in [3.63, 3.8) is 0 Å². The maximum absolute atomic E-state index is 11.5. The van der Waals surface area contributed by atoms with Crippen molar-refractivity contribution in [3.05, 3.63) is 16.1 Å². The van der Waals surface area contributed by atoms with Crippen molar-refractivity contribution in [2.24, 2.45) is 5.92 Å². The topological polar surface area (TPSA) is 91.3 Å². The van der Waals surface area contributed by atoms with Crippen molar-refractivity contribution in [2.75, 3.05) is 0 Å². The Morgan fingerprint density at radius 2 is 2.17 bits per heavy atom. The first kappa shape index (κ1) is 14.4. The molecule has 3 N–H and O–H groups in total. The lowest BCUT2D eigenvalue weighted by atomic mass is 10.1. The molecular weight excluding hydrogens is 254 g/mol. The highest BCUT2D eigenvalue weighted by Gasteiger charge is 2.23. The molecular formula is C11H17N3O3S. The third-order valence-corrected chi connectivity index (χ3v) is 3.14. The Morgan fingerprint density at radius 3 is 2.61 bits per heavy atom. The van der Waals surface area contributed by atoms with Crippen LogP contribution >= 0.6 is 11.3 Å². The van der Waals surface area contributed by atoms with E-state index in [1.807, 2.05) is 12.3 Å². The highest BCUT2D eigenvalue weighted by molar-refractivity contribution is 7.09. The van der Waals surface area contributed by atoms with Crippen LogP contribution in [0.4, 0.5) is 4.79 Å². The first-order valence-electron chi connectivity index (χ1n) is 5.58.